The number of ether oxygens (including phenoxy) is 1. The van der Waals surface area contributed by atoms with Crippen LogP contribution in [0.15, 0.2) is 24.5 Å². The van der Waals surface area contributed by atoms with E-state index >= 15 is 0 Å². The predicted molar refractivity (Wildman–Crippen MR) is 75.1 cm³/mol. The third-order valence-electron chi connectivity index (χ3n) is 3.07. The van der Waals surface area contributed by atoms with Crippen LogP contribution < -0.4 is 5.32 Å². The minimum absolute atomic E-state index is 0.745. The fourth-order valence-electron chi connectivity index (χ4n) is 2.10. The molecule has 0 unspecified atom stereocenters. The Balaban J connectivity index is 1.88. The average molecular weight is 262 g/mol. The average Bonchev–Trinajstić information content (AvgIpc) is 2.93. The molecule has 5 heteroatoms. The van der Waals surface area contributed by atoms with Gasteiger partial charge < -0.3 is 14.6 Å². The van der Waals surface area contributed by atoms with E-state index in [0.29, 0.717) is 0 Å². The maximum Gasteiger partial charge on any atom is 0.0639 e. The Morgan fingerprint density at radius 1 is 1.42 bits per heavy atom. The number of nitrogens with one attached hydrogen (secondary N) is 1. The van der Waals surface area contributed by atoms with E-state index in [9.17, 15) is 0 Å². The first-order valence-electron chi connectivity index (χ1n) is 6.53. The summed E-state index contributed by atoms with van der Waals surface area (Å²) >= 11 is 0. The number of hydrogen-bond acceptors (Lipinski definition) is 3. The second-order valence-electron chi connectivity index (χ2n) is 4.76. The SMILES string of the molecule is COCCNCc1ccn(Cc2cc(C)nn2C)c1. The monoisotopic (exact) mass is 262 g/mol. The molecule has 2 aromatic heterocycles. The fraction of sp³-hybridized carbons (Fsp3) is 0.500. The molecule has 0 amide bonds. The van der Waals surface area contributed by atoms with Gasteiger partial charge >= 0.3 is 0 Å². The van der Waals surface area contributed by atoms with Gasteiger partial charge in [0.25, 0.3) is 0 Å². The minimum atomic E-state index is 0.745. The van der Waals surface area contributed by atoms with Crippen molar-refractivity contribution < 1.29 is 4.74 Å². The molecule has 0 aliphatic carbocycles. The lowest BCUT2D eigenvalue weighted by molar-refractivity contribution is 0.199. The van der Waals surface area contributed by atoms with Crippen molar-refractivity contribution in [2.75, 3.05) is 20.3 Å². The molecule has 2 heterocycles. The lowest BCUT2D eigenvalue weighted by atomic mass is 10.3. The zero-order valence-electron chi connectivity index (χ0n) is 11.9. The lowest BCUT2D eigenvalue weighted by Crippen LogP contribution is -2.18. The first-order chi connectivity index (χ1) is 9.19. The van der Waals surface area contributed by atoms with Gasteiger partial charge in [-0.25, -0.2) is 0 Å². The standard InChI is InChI=1S/C14H22N4O/c1-12-8-14(17(2)16-12)11-18-6-4-13(10-18)9-15-5-7-19-3/h4,6,8,10,15H,5,7,9,11H2,1-3H3. The van der Waals surface area contributed by atoms with Gasteiger partial charge in [-0.2, -0.15) is 5.10 Å². The van der Waals surface area contributed by atoms with Crippen molar-refractivity contribution >= 4 is 0 Å². The van der Waals surface area contributed by atoms with Gasteiger partial charge in [-0.1, -0.05) is 0 Å². The molecule has 0 aliphatic rings. The number of hydrogen-bond donors (Lipinski definition) is 1. The van der Waals surface area contributed by atoms with Crippen LogP contribution in [0.25, 0.3) is 0 Å². The van der Waals surface area contributed by atoms with Crippen LogP contribution >= 0.6 is 0 Å². The van der Waals surface area contributed by atoms with Gasteiger partial charge in [0.05, 0.1) is 24.5 Å². The van der Waals surface area contributed by atoms with E-state index in [1.807, 2.05) is 18.7 Å². The summed E-state index contributed by atoms with van der Waals surface area (Å²) in [7, 11) is 3.70. The smallest absolute Gasteiger partial charge is 0.0639 e. The summed E-state index contributed by atoms with van der Waals surface area (Å²) in [5.41, 5.74) is 3.56. The first kappa shape index (κ1) is 13.8. The molecule has 0 atom stereocenters. The van der Waals surface area contributed by atoms with Crippen LogP contribution in [0, 0.1) is 6.92 Å². The molecule has 5 nitrogen and oxygen atoms in total. The molecule has 0 radical (unpaired) electrons. The van der Waals surface area contributed by atoms with E-state index in [-0.39, 0.29) is 0 Å². The molecule has 0 bridgehead atoms. The third-order valence-corrected chi connectivity index (χ3v) is 3.07. The van der Waals surface area contributed by atoms with Crippen LogP contribution in [-0.2, 0) is 24.9 Å². The molecule has 104 valence electrons. The van der Waals surface area contributed by atoms with Crippen LogP contribution in [0.1, 0.15) is 17.0 Å². The lowest BCUT2D eigenvalue weighted by Gasteiger charge is -2.04. The molecular formula is C14H22N4O. The molecule has 0 aliphatic heterocycles. The van der Waals surface area contributed by atoms with Crippen LogP contribution in [0.4, 0.5) is 0 Å². The summed E-state index contributed by atoms with van der Waals surface area (Å²) < 4.78 is 9.12. The fourth-order valence-corrected chi connectivity index (χ4v) is 2.10. The molecule has 0 aromatic carbocycles. The van der Waals surface area contributed by atoms with Gasteiger partial charge in [-0.05, 0) is 24.6 Å². The molecule has 0 fully saturated rings. The van der Waals surface area contributed by atoms with Gasteiger partial charge in [0.15, 0.2) is 0 Å². The Kier molecular flexibility index (Phi) is 4.76. The molecule has 0 saturated heterocycles. The molecular weight excluding hydrogens is 240 g/mol. The zero-order valence-corrected chi connectivity index (χ0v) is 11.9. The Labute approximate surface area is 114 Å². The van der Waals surface area contributed by atoms with Crippen molar-refractivity contribution in [2.24, 2.45) is 7.05 Å². The Hall–Kier alpha value is -1.59. The Bertz CT molecular complexity index is 515. The van der Waals surface area contributed by atoms with Crippen molar-refractivity contribution in [3.63, 3.8) is 0 Å². The van der Waals surface area contributed by atoms with E-state index in [4.69, 9.17) is 4.74 Å². The molecule has 2 aromatic rings. The second-order valence-corrected chi connectivity index (χ2v) is 4.76. The van der Waals surface area contributed by atoms with Crippen molar-refractivity contribution in [1.29, 1.82) is 0 Å². The minimum Gasteiger partial charge on any atom is -0.383 e. The topological polar surface area (TPSA) is 44.0 Å². The third kappa shape index (κ3) is 3.94. The highest BCUT2D eigenvalue weighted by Gasteiger charge is 2.03. The summed E-state index contributed by atoms with van der Waals surface area (Å²) in [4.78, 5) is 0. The van der Waals surface area contributed by atoms with Crippen molar-refractivity contribution in [1.82, 2.24) is 19.7 Å². The second kappa shape index (κ2) is 6.54. The van der Waals surface area contributed by atoms with Gasteiger partial charge in [0.1, 0.15) is 0 Å². The van der Waals surface area contributed by atoms with Gasteiger partial charge in [0.2, 0.25) is 0 Å². The van der Waals surface area contributed by atoms with Crippen LogP contribution in [0.5, 0.6) is 0 Å². The highest BCUT2D eigenvalue weighted by atomic mass is 16.5. The quantitative estimate of drug-likeness (QED) is 0.765. The molecule has 0 saturated carbocycles. The Morgan fingerprint density at radius 3 is 2.95 bits per heavy atom. The first-order valence-corrected chi connectivity index (χ1v) is 6.53. The van der Waals surface area contributed by atoms with E-state index < -0.39 is 0 Å². The molecule has 2 rings (SSSR count). The van der Waals surface area contributed by atoms with Crippen LogP contribution in [0.3, 0.4) is 0 Å². The van der Waals surface area contributed by atoms with Gasteiger partial charge in [-0.15, -0.1) is 0 Å². The van der Waals surface area contributed by atoms with Crippen molar-refractivity contribution in [2.45, 2.75) is 20.0 Å². The molecule has 19 heavy (non-hydrogen) atoms. The highest BCUT2D eigenvalue weighted by molar-refractivity contribution is 5.14. The Morgan fingerprint density at radius 2 is 2.26 bits per heavy atom. The summed E-state index contributed by atoms with van der Waals surface area (Å²) in [6, 6.07) is 4.26. The largest absolute Gasteiger partial charge is 0.383 e. The number of rotatable bonds is 7. The number of methoxy groups -OCH3 is 1. The van der Waals surface area contributed by atoms with Crippen LogP contribution in [-0.4, -0.2) is 34.6 Å². The summed E-state index contributed by atoms with van der Waals surface area (Å²) in [6.07, 6.45) is 4.28. The number of nitrogens with zero attached hydrogens (tertiary/aromatic N) is 3. The summed E-state index contributed by atoms with van der Waals surface area (Å²) in [5, 5.41) is 7.70. The van der Waals surface area contributed by atoms with E-state index in [1.165, 1.54) is 11.3 Å². The maximum absolute atomic E-state index is 5.00. The normalized spacial score (nSPS) is 11.1. The summed E-state index contributed by atoms with van der Waals surface area (Å²) in [5.74, 6) is 0. The number of aromatic nitrogens is 3. The predicted octanol–water partition coefficient (Wildman–Crippen LogP) is 1.31. The zero-order chi connectivity index (χ0) is 13.7. The summed E-state index contributed by atoms with van der Waals surface area (Å²) in [6.45, 7) is 5.37. The highest BCUT2D eigenvalue weighted by Crippen LogP contribution is 2.07. The van der Waals surface area contributed by atoms with Crippen molar-refractivity contribution in [3.8, 4) is 0 Å². The van der Waals surface area contributed by atoms with E-state index in [0.717, 1.165) is 31.9 Å². The van der Waals surface area contributed by atoms with Gasteiger partial charge in [-0.3, -0.25) is 4.68 Å². The maximum atomic E-state index is 5.00. The molecule has 1 N–H and O–H groups in total. The van der Waals surface area contributed by atoms with E-state index in [2.05, 4.69) is 39.5 Å². The molecule has 0 spiro atoms. The number of aryl methyl sites for hydroxylation is 2. The van der Waals surface area contributed by atoms with E-state index in [1.54, 1.807) is 7.11 Å². The van der Waals surface area contributed by atoms with Crippen molar-refractivity contribution in [3.05, 3.63) is 41.5 Å². The van der Waals surface area contributed by atoms with Gasteiger partial charge in [0, 0.05) is 39.6 Å². The van der Waals surface area contributed by atoms with Crippen LogP contribution in [0.2, 0.25) is 0 Å².